The van der Waals surface area contributed by atoms with Crippen LogP contribution >= 0.6 is 0 Å². The summed E-state index contributed by atoms with van der Waals surface area (Å²) >= 11 is 0. The number of rotatable bonds is 1. The summed E-state index contributed by atoms with van der Waals surface area (Å²) in [4.78, 5) is 14.8. The number of nitrogens with one attached hydrogen (secondary N) is 1. The first-order chi connectivity index (χ1) is 12.2. The number of hydrogen-bond acceptors (Lipinski definition) is 2. The summed E-state index contributed by atoms with van der Waals surface area (Å²) in [7, 11) is 0. The van der Waals surface area contributed by atoms with E-state index in [1.807, 2.05) is 36.4 Å². The molecule has 0 aromatic heterocycles. The van der Waals surface area contributed by atoms with Gasteiger partial charge in [-0.2, -0.15) is 0 Å². The second-order valence-corrected chi connectivity index (χ2v) is 6.07. The summed E-state index contributed by atoms with van der Waals surface area (Å²) in [6.45, 7) is 0. The van der Waals surface area contributed by atoms with E-state index in [2.05, 4.69) is 17.4 Å². The number of para-hydroxylation sites is 2. The van der Waals surface area contributed by atoms with Gasteiger partial charge in [0.25, 0.3) is 0 Å². The topological polar surface area (TPSA) is 52.6 Å². The molecule has 4 rings (SSSR count). The van der Waals surface area contributed by atoms with E-state index < -0.39 is 0 Å². The first kappa shape index (κ1) is 15.3. The van der Waals surface area contributed by atoms with Gasteiger partial charge in [-0.3, -0.25) is 4.90 Å². The number of benzene rings is 3. The fourth-order valence-corrected chi connectivity index (χ4v) is 3.22. The standard InChI is InChI=1S/C21H18N2O2/c24-18-13-11-17(12-14-18)22-21(25)23-19-7-3-1-5-15(19)9-10-16-6-2-4-8-20(16)23/h1-8,11-14,24H,9-10H2,(H,22,25). The largest absolute Gasteiger partial charge is 0.508 e. The molecule has 0 bridgehead atoms. The van der Waals surface area contributed by atoms with E-state index in [0.29, 0.717) is 5.69 Å². The van der Waals surface area contributed by atoms with Crippen LogP contribution in [-0.2, 0) is 12.8 Å². The SMILES string of the molecule is O=C(Nc1ccc(O)cc1)N1c2ccccc2CCc2ccccc21. The Labute approximate surface area is 146 Å². The van der Waals surface area contributed by atoms with Crippen LogP contribution in [0.5, 0.6) is 5.75 Å². The van der Waals surface area contributed by atoms with Gasteiger partial charge in [0, 0.05) is 5.69 Å². The molecule has 0 radical (unpaired) electrons. The minimum Gasteiger partial charge on any atom is -0.508 e. The third kappa shape index (κ3) is 2.94. The van der Waals surface area contributed by atoms with Gasteiger partial charge in [-0.05, 0) is 60.4 Å². The van der Waals surface area contributed by atoms with Gasteiger partial charge in [0.2, 0.25) is 0 Å². The molecule has 1 aliphatic heterocycles. The van der Waals surface area contributed by atoms with E-state index in [-0.39, 0.29) is 11.8 Å². The van der Waals surface area contributed by atoms with Gasteiger partial charge in [-0.25, -0.2) is 4.79 Å². The average molecular weight is 330 g/mol. The number of phenols is 1. The normalized spacial score (nSPS) is 12.7. The van der Waals surface area contributed by atoms with Gasteiger partial charge in [0.05, 0.1) is 11.4 Å². The molecule has 1 heterocycles. The Balaban J connectivity index is 1.76. The number of nitrogens with zero attached hydrogens (tertiary/aromatic N) is 1. The van der Waals surface area contributed by atoms with Crippen molar-refractivity contribution in [2.45, 2.75) is 12.8 Å². The molecule has 4 nitrogen and oxygen atoms in total. The predicted octanol–water partition coefficient (Wildman–Crippen LogP) is 4.86. The lowest BCUT2D eigenvalue weighted by Gasteiger charge is -2.25. The molecule has 3 aromatic rings. The lowest BCUT2D eigenvalue weighted by molar-refractivity contribution is 0.259. The number of carbonyl (C=O) groups is 1. The second kappa shape index (κ2) is 6.32. The van der Waals surface area contributed by atoms with Crippen LogP contribution in [0, 0.1) is 0 Å². The molecular formula is C21H18N2O2. The summed E-state index contributed by atoms with van der Waals surface area (Å²) in [5.41, 5.74) is 4.76. The van der Waals surface area contributed by atoms with Crippen molar-refractivity contribution < 1.29 is 9.90 Å². The number of carbonyl (C=O) groups excluding carboxylic acids is 1. The van der Waals surface area contributed by atoms with Crippen LogP contribution in [0.15, 0.2) is 72.8 Å². The Morgan fingerprint density at radius 2 is 1.32 bits per heavy atom. The first-order valence-corrected chi connectivity index (χ1v) is 8.28. The smallest absolute Gasteiger partial charge is 0.330 e. The molecular weight excluding hydrogens is 312 g/mol. The van der Waals surface area contributed by atoms with E-state index in [1.54, 1.807) is 29.2 Å². The number of urea groups is 1. The zero-order chi connectivity index (χ0) is 17.2. The fraction of sp³-hybridized carbons (Fsp3) is 0.0952. The maximum absolute atomic E-state index is 13.1. The lowest BCUT2D eigenvalue weighted by atomic mass is 10.0. The maximum Gasteiger partial charge on any atom is 0.330 e. The van der Waals surface area contributed by atoms with Crippen LogP contribution in [0.4, 0.5) is 21.9 Å². The Hall–Kier alpha value is -3.27. The number of phenolic OH excluding ortho intramolecular Hbond substituents is 1. The Morgan fingerprint density at radius 3 is 1.88 bits per heavy atom. The van der Waals surface area contributed by atoms with E-state index in [0.717, 1.165) is 35.3 Å². The van der Waals surface area contributed by atoms with Crippen molar-refractivity contribution in [1.82, 2.24) is 0 Å². The monoisotopic (exact) mass is 330 g/mol. The zero-order valence-corrected chi connectivity index (χ0v) is 13.6. The quantitative estimate of drug-likeness (QED) is 0.626. The van der Waals surface area contributed by atoms with Gasteiger partial charge in [-0.15, -0.1) is 0 Å². The number of aromatic hydroxyl groups is 1. The molecule has 124 valence electrons. The summed E-state index contributed by atoms with van der Waals surface area (Å²) in [6.07, 6.45) is 1.80. The fourth-order valence-electron chi connectivity index (χ4n) is 3.22. The second-order valence-electron chi connectivity index (χ2n) is 6.07. The summed E-state index contributed by atoms with van der Waals surface area (Å²) in [5.74, 6) is 0.170. The highest BCUT2D eigenvalue weighted by Gasteiger charge is 2.25. The third-order valence-electron chi connectivity index (χ3n) is 4.45. The Kier molecular flexibility index (Phi) is 3.86. The molecule has 0 spiro atoms. The van der Waals surface area contributed by atoms with Crippen molar-refractivity contribution in [3.63, 3.8) is 0 Å². The number of hydrogen-bond donors (Lipinski definition) is 2. The molecule has 1 aliphatic rings. The van der Waals surface area contributed by atoms with Gasteiger partial charge >= 0.3 is 6.03 Å². The van der Waals surface area contributed by atoms with Crippen molar-refractivity contribution >= 4 is 23.1 Å². The van der Waals surface area contributed by atoms with Crippen LogP contribution in [-0.4, -0.2) is 11.1 Å². The van der Waals surface area contributed by atoms with E-state index in [4.69, 9.17) is 0 Å². The molecule has 0 fully saturated rings. The number of aryl methyl sites for hydroxylation is 2. The van der Waals surface area contributed by atoms with Gasteiger partial charge in [0.15, 0.2) is 0 Å². The molecule has 2 N–H and O–H groups in total. The maximum atomic E-state index is 13.1. The molecule has 0 saturated carbocycles. The molecule has 0 atom stereocenters. The highest BCUT2D eigenvalue weighted by Crippen LogP contribution is 2.36. The minimum absolute atomic E-state index is 0.170. The van der Waals surface area contributed by atoms with Crippen LogP contribution in [0.1, 0.15) is 11.1 Å². The van der Waals surface area contributed by atoms with Crippen molar-refractivity contribution in [3.8, 4) is 5.75 Å². The summed E-state index contributed by atoms with van der Waals surface area (Å²) in [6, 6.07) is 22.3. The average Bonchev–Trinajstić information content (AvgIpc) is 2.80. The molecule has 3 aromatic carbocycles. The minimum atomic E-state index is -0.215. The predicted molar refractivity (Wildman–Crippen MR) is 99.6 cm³/mol. The third-order valence-corrected chi connectivity index (χ3v) is 4.45. The highest BCUT2D eigenvalue weighted by molar-refractivity contribution is 6.08. The summed E-state index contributed by atoms with van der Waals surface area (Å²) < 4.78 is 0. The Morgan fingerprint density at radius 1 is 0.800 bits per heavy atom. The van der Waals surface area contributed by atoms with Gasteiger partial charge < -0.3 is 10.4 Å². The van der Waals surface area contributed by atoms with Crippen LogP contribution < -0.4 is 10.2 Å². The number of anilines is 3. The van der Waals surface area contributed by atoms with Gasteiger partial charge in [0.1, 0.15) is 5.75 Å². The molecule has 4 heteroatoms. The molecule has 2 amide bonds. The number of amides is 2. The van der Waals surface area contributed by atoms with Crippen LogP contribution in [0.2, 0.25) is 0 Å². The molecule has 25 heavy (non-hydrogen) atoms. The van der Waals surface area contributed by atoms with Crippen molar-refractivity contribution in [3.05, 3.63) is 83.9 Å². The van der Waals surface area contributed by atoms with E-state index in [9.17, 15) is 9.90 Å². The van der Waals surface area contributed by atoms with Gasteiger partial charge in [-0.1, -0.05) is 36.4 Å². The summed E-state index contributed by atoms with van der Waals surface area (Å²) in [5, 5.41) is 12.3. The van der Waals surface area contributed by atoms with E-state index in [1.165, 1.54) is 0 Å². The zero-order valence-electron chi connectivity index (χ0n) is 13.6. The van der Waals surface area contributed by atoms with Crippen molar-refractivity contribution in [2.24, 2.45) is 0 Å². The van der Waals surface area contributed by atoms with Crippen LogP contribution in [0.3, 0.4) is 0 Å². The van der Waals surface area contributed by atoms with Crippen molar-refractivity contribution in [1.29, 1.82) is 0 Å². The Bertz CT molecular complexity index is 872. The molecule has 0 unspecified atom stereocenters. The van der Waals surface area contributed by atoms with E-state index >= 15 is 0 Å². The molecule has 0 saturated heterocycles. The number of fused-ring (bicyclic) bond motifs is 2. The first-order valence-electron chi connectivity index (χ1n) is 8.28. The van der Waals surface area contributed by atoms with Crippen molar-refractivity contribution in [2.75, 3.05) is 10.2 Å². The highest BCUT2D eigenvalue weighted by atomic mass is 16.3. The molecule has 0 aliphatic carbocycles. The van der Waals surface area contributed by atoms with Crippen LogP contribution in [0.25, 0.3) is 0 Å². The lowest BCUT2D eigenvalue weighted by Crippen LogP contribution is -2.31.